The fraction of sp³-hybridized carbons (Fsp3) is 0.765. The average Bonchev–Trinajstić information content (AvgIpc) is 2.93. The standard InChI is InChI=1S/C17H28N4O3/c1-13-16(11-19(2)18-13)17(23)21-9-14(7-15(10-21)12-22)8-20-3-5-24-6-4-20/h11,14-15,22H,3-10,12H2,1-2H3/t14-,15-/m1/s1. The molecule has 0 aromatic carbocycles. The van der Waals surface area contributed by atoms with Crippen LogP contribution in [0.1, 0.15) is 22.5 Å². The Bertz CT molecular complexity index is 568. The molecule has 0 bridgehead atoms. The van der Waals surface area contributed by atoms with Gasteiger partial charge in [-0.2, -0.15) is 5.10 Å². The van der Waals surface area contributed by atoms with Crippen molar-refractivity contribution in [3.05, 3.63) is 17.5 Å². The average molecular weight is 336 g/mol. The number of carbonyl (C=O) groups excluding carboxylic acids is 1. The molecule has 7 heteroatoms. The number of ether oxygens (including phenoxy) is 1. The van der Waals surface area contributed by atoms with Crippen molar-refractivity contribution in [2.24, 2.45) is 18.9 Å². The zero-order valence-electron chi connectivity index (χ0n) is 14.6. The number of piperidine rings is 1. The van der Waals surface area contributed by atoms with Gasteiger partial charge in [0.15, 0.2) is 0 Å². The zero-order chi connectivity index (χ0) is 17.1. The molecular weight excluding hydrogens is 308 g/mol. The van der Waals surface area contributed by atoms with Crippen molar-refractivity contribution >= 4 is 5.91 Å². The summed E-state index contributed by atoms with van der Waals surface area (Å²) >= 11 is 0. The van der Waals surface area contributed by atoms with Gasteiger partial charge in [-0.05, 0) is 25.2 Å². The molecule has 2 saturated heterocycles. The molecule has 134 valence electrons. The summed E-state index contributed by atoms with van der Waals surface area (Å²) < 4.78 is 7.09. The Morgan fingerprint density at radius 2 is 2.04 bits per heavy atom. The van der Waals surface area contributed by atoms with E-state index in [2.05, 4.69) is 10.00 Å². The third-order valence-corrected chi connectivity index (χ3v) is 5.03. The van der Waals surface area contributed by atoms with E-state index in [9.17, 15) is 9.90 Å². The first kappa shape index (κ1) is 17.4. The first-order valence-corrected chi connectivity index (χ1v) is 8.77. The van der Waals surface area contributed by atoms with Crippen molar-refractivity contribution < 1.29 is 14.6 Å². The van der Waals surface area contributed by atoms with Crippen molar-refractivity contribution in [2.45, 2.75) is 13.3 Å². The first-order chi connectivity index (χ1) is 11.6. The second-order valence-electron chi connectivity index (χ2n) is 7.08. The highest BCUT2D eigenvalue weighted by molar-refractivity contribution is 5.95. The van der Waals surface area contributed by atoms with Crippen LogP contribution in [0.3, 0.4) is 0 Å². The van der Waals surface area contributed by atoms with Crippen LogP contribution in [-0.2, 0) is 11.8 Å². The Kier molecular flexibility index (Phi) is 5.53. The molecule has 2 fully saturated rings. The Morgan fingerprint density at radius 3 is 2.67 bits per heavy atom. The summed E-state index contributed by atoms with van der Waals surface area (Å²) in [4.78, 5) is 17.2. The molecule has 0 aliphatic carbocycles. The second-order valence-corrected chi connectivity index (χ2v) is 7.08. The summed E-state index contributed by atoms with van der Waals surface area (Å²) in [5, 5.41) is 13.9. The molecule has 0 spiro atoms. The fourth-order valence-electron chi connectivity index (χ4n) is 3.88. The maximum Gasteiger partial charge on any atom is 0.257 e. The van der Waals surface area contributed by atoms with Gasteiger partial charge < -0.3 is 14.7 Å². The summed E-state index contributed by atoms with van der Waals surface area (Å²) in [7, 11) is 1.83. The summed E-state index contributed by atoms with van der Waals surface area (Å²) in [6, 6.07) is 0. The van der Waals surface area contributed by atoms with Gasteiger partial charge in [-0.15, -0.1) is 0 Å². The number of hydrogen-bond donors (Lipinski definition) is 1. The van der Waals surface area contributed by atoms with Gasteiger partial charge in [-0.1, -0.05) is 0 Å². The minimum absolute atomic E-state index is 0.0331. The molecule has 0 radical (unpaired) electrons. The lowest BCUT2D eigenvalue weighted by molar-refractivity contribution is 0.0130. The lowest BCUT2D eigenvalue weighted by Gasteiger charge is -2.40. The number of amides is 1. The van der Waals surface area contributed by atoms with E-state index < -0.39 is 0 Å². The highest BCUT2D eigenvalue weighted by Crippen LogP contribution is 2.25. The van der Waals surface area contributed by atoms with Gasteiger partial charge in [0.05, 0.1) is 24.5 Å². The molecule has 0 saturated carbocycles. The van der Waals surface area contributed by atoms with E-state index >= 15 is 0 Å². The van der Waals surface area contributed by atoms with Crippen LogP contribution in [0.4, 0.5) is 0 Å². The first-order valence-electron chi connectivity index (χ1n) is 8.77. The molecule has 3 rings (SSSR count). The van der Waals surface area contributed by atoms with Crippen LogP contribution in [0, 0.1) is 18.8 Å². The van der Waals surface area contributed by atoms with Gasteiger partial charge in [0.25, 0.3) is 5.91 Å². The Balaban J connectivity index is 1.68. The Morgan fingerprint density at radius 1 is 1.33 bits per heavy atom. The SMILES string of the molecule is Cc1nn(C)cc1C(=O)N1C[C@H](CO)C[C@H](CN2CCOCC2)C1. The molecule has 1 amide bonds. The summed E-state index contributed by atoms with van der Waals surface area (Å²) in [5.74, 6) is 0.589. The van der Waals surface area contributed by atoms with Gasteiger partial charge in [-0.3, -0.25) is 14.4 Å². The summed E-state index contributed by atoms with van der Waals surface area (Å²) in [6.45, 7) is 7.83. The normalized spacial score (nSPS) is 25.9. The number of aryl methyl sites for hydroxylation is 2. The largest absolute Gasteiger partial charge is 0.396 e. The van der Waals surface area contributed by atoms with Crippen molar-refractivity contribution in [3.8, 4) is 0 Å². The van der Waals surface area contributed by atoms with Crippen LogP contribution >= 0.6 is 0 Å². The van der Waals surface area contributed by atoms with Crippen LogP contribution < -0.4 is 0 Å². The van der Waals surface area contributed by atoms with Crippen LogP contribution in [0.2, 0.25) is 0 Å². The van der Waals surface area contributed by atoms with Crippen molar-refractivity contribution in [1.82, 2.24) is 19.6 Å². The predicted molar refractivity (Wildman–Crippen MR) is 89.8 cm³/mol. The smallest absolute Gasteiger partial charge is 0.257 e. The molecule has 7 nitrogen and oxygen atoms in total. The Labute approximate surface area is 143 Å². The molecule has 2 aliphatic heterocycles. The van der Waals surface area contributed by atoms with Crippen LogP contribution in [0.25, 0.3) is 0 Å². The third-order valence-electron chi connectivity index (χ3n) is 5.03. The number of morpholine rings is 1. The summed E-state index contributed by atoms with van der Waals surface area (Å²) in [6.07, 6.45) is 2.76. The molecule has 0 unspecified atom stereocenters. The zero-order valence-corrected chi connectivity index (χ0v) is 14.6. The monoisotopic (exact) mass is 336 g/mol. The van der Waals surface area contributed by atoms with Crippen LogP contribution in [0.5, 0.6) is 0 Å². The molecule has 24 heavy (non-hydrogen) atoms. The number of aromatic nitrogens is 2. The van der Waals surface area contributed by atoms with Crippen molar-refractivity contribution in [1.29, 1.82) is 0 Å². The highest BCUT2D eigenvalue weighted by Gasteiger charge is 2.32. The lowest BCUT2D eigenvalue weighted by atomic mass is 9.88. The fourth-order valence-corrected chi connectivity index (χ4v) is 3.88. The van der Waals surface area contributed by atoms with Gasteiger partial charge in [0, 0.05) is 52.6 Å². The highest BCUT2D eigenvalue weighted by atomic mass is 16.5. The quantitative estimate of drug-likeness (QED) is 0.846. The van der Waals surface area contributed by atoms with E-state index in [1.807, 2.05) is 18.9 Å². The van der Waals surface area contributed by atoms with Crippen molar-refractivity contribution in [2.75, 3.05) is 52.5 Å². The maximum atomic E-state index is 12.9. The Hall–Kier alpha value is -1.44. The van der Waals surface area contributed by atoms with E-state index in [4.69, 9.17) is 4.74 Å². The third kappa shape index (κ3) is 3.96. The molecule has 1 aromatic heterocycles. The molecule has 2 atom stereocenters. The van der Waals surface area contributed by atoms with Gasteiger partial charge in [0.2, 0.25) is 0 Å². The minimum Gasteiger partial charge on any atom is -0.396 e. The number of aliphatic hydroxyl groups is 1. The van der Waals surface area contributed by atoms with E-state index in [1.165, 1.54) is 0 Å². The number of hydrogen-bond acceptors (Lipinski definition) is 5. The van der Waals surface area contributed by atoms with E-state index in [1.54, 1.807) is 10.9 Å². The molecule has 1 N–H and O–H groups in total. The van der Waals surface area contributed by atoms with E-state index in [0.717, 1.165) is 51.5 Å². The molecule has 2 aliphatic rings. The van der Waals surface area contributed by atoms with Crippen LogP contribution in [0.15, 0.2) is 6.20 Å². The number of rotatable bonds is 4. The van der Waals surface area contributed by atoms with Gasteiger partial charge in [0.1, 0.15) is 0 Å². The van der Waals surface area contributed by atoms with Gasteiger partial charge in [-0.25, -0.2) is 0 Å². The van der Waals surface area contributed by atoms with Crippen LogP contribution in [-0.4, -0.2) is 83.1 Å². The lowest BCUT2D eigenvalue weighted by Crippen LogP contribution is -2.49. The minimum atomic E-state index is 0.0331. The molecule has 1 aromatic rings. The number of aliphatic hydroxyl groups excluding tert-OH is 1. The second kappa shape index (κ2) is 7.63. The number of likely N-dealkylation sites (tertiary alicyclic amines) is 1. The predicted octanol–water partition coefficient (Wildman–Crippen LogP) is 0.131. The maximum absolute atomic E-state index is 12.9. The molecular formula is C17H28N4O3. The van der Waals surface area contributed by atoms with Crippen molar-refractivity contribution in [3.63, 3.8) is 0 Å². The van der Waals surface area contributed by atoms with Gasteiger partial charge >= 0.3 is 0 Å². The number of carbonyl (C=O) groups is 1. The van der Waals surface area contributed by atoms with E-state index in [0.29, 0.717) is 18.0 Å². The topological polar surface area (TPSA) is 70.8 Å². The number of nitrogens with zero attached hydrogens (tertiary/aromatic N) is 4. The van der Waals surface area contributed by atoms with E-state index in [-0.39, 0.29) is 18.4 Å². The summed E-state index contributed by atoms with van der Waals surface area (Å²) in [5.41, 5.74) is 1.43. The molecule has 3 heterocycles.